The Balaban J connectivity index is 1.03. The first-order valence-electron chi connectivity index (χ1n) is 30.2. The number of hydrogen-bond acceptors (Lipinski definition) is 33. The van der Waals surface area contributed by atoms with E-state index in [1.54, 1.807) is 0 Å². The van der Waals surface area contributed by atoms with Crippen LogP contribution in [0, 0.1) is 20.8 Å². The molecule has 0 aromatic carbocycles. The van der Waals surface area contributed by atoms with Gasteiger partial charge in [0, 0.05) is 63.5 Å². The van der Waals surface area contributed by atoms with Gasteiger partial charge in [-0.2, -0.15) is 4.98 Å². The van der Waals surface area contributed by atoms with Crippen LogP contribution in [0.5, 0.6) is 0 Å². The number of nitrogens with zero attached hydrogens (tertiary/aromatic N) is 8. The van der Waals surface area contributed by atoms with Gasteiger partial charge in [-0.15, -0.1) is 0 Å². The molecule has 5 aromatic rings. The van der Waals surface area contributed by atoms with Crippen molar-refractivity contribution in [2.75, 3.05) is 85.9 Å². The number of ether oxygens (including phenoxy) is 8. The van der Waals surface area contributed by atoms with E-state index in [9.17, 15) is 58.0 Å². The van der Waals surface area contributed by atoms with E-state index >= 15 is 4.57 Å². The highest BCUT2D eigenvalue weighted by Crippen LogP contribution is 2.59. The van der Waals surface area contributed by atoms with E-state index in [4.69, 9.17) is 100 Å². The minimum atomic E-state index is -5.10. The second kappa shape index (κ2) is 33.1. The Morgan fingerprint density at radius 1 is 0.574 bits per heavy atom. The average Bonchev–Trinajstić information content (AvgIpc) is 1.63. The lowest BCUT2D eigenvalue weighted by molar-refractivity contribution is -0.133. The molecule has 0 saturated carbocycles. The second-order valence-electron chi connectivity index (χ2n) is 22.8. The van der Waals surface area contributed by atoms with Gasteiger partial charge in [0.1, 0.15) is 111 Å². The minimum absolute atomic E-state index is 0.0222. The molecule has 43 nitrogen and oxygen atoms in total. The van der Waals surface area contributed by atoms with Crippen LogP contribution in [0.25, 0.3) is 11.2 Å². The molecule has 13 N–H and O–H groups in total. The number of carbonyl (C=O) groups excluding carboxylic acids is 4. The van der Waals surface area contributed by atoms with E-state index in [1.165, 1.54) is 79.2 Å². The number of aromatic amines is 2. The predicted molar refractivity (Wildman–Crippen MR) is 354 cm³/mol. The van der Waals surface area contributed by atoms with E-state index in [-0.39, 0.29) is 33.9 Å². The van der Waals surface area contributed by atoms with Gasteiger partial charge in [0.25, 0.3) is 11.1 Å². The smallest absolute Gasteiger partial charge is 0.386 e. The molecule has 0 radical (unpaired) electrons. The summed E-state index contributed by atoms with van der Waals surface area (Å²) in [4.78, 5) is 161. The molecule has 4 aliphatic heterocycles. The fourth-order valence-corrected chi connectivity index (χ4v) is 15.2. The maximum atomic E-state index is 15.2. The van der Waals surface area contributed by atoms with Crippen molar-refractivity contribution >= 4 is 103 Å². The highest BCUT2D eigenvalue weighted by Gasteiger charge is 2.56. The number of nitrogens with one attached hydrogen (secondary N) is 6. The van der Waals surface area contributed by atoms with Crippen molar-refractivity contribution in [2.45, 2.75) is 126 Å². The number of nitrogen functional groups attached to an aromatic ring is 2. The number of fused-ring (bicyclic) bond motifs is 1. The molecule has 0 aliphatic carbocycles. The zero-order valence-electron chi connectivity index (χ0n) is 54.6. The molecule has 4 saturated heterocycles. The molecule has 4 amide bonds. The van der Waals surface area contributed by atoms with Crippen LogP contribution in [0.4, 0.5) is 11.6 Å². The highest BCUT2D eigenvalue weighted by molar-refractivity contribution is 8.44. The topological polar surface area (TPSA) is 564 Å². The van der Waals surface area contributed by atoms with Crippen LogP contribution >= 0.6 is 32.5 Å². The Bertz CT molecular complexity index is 4360. The van der Waals surface area contributed by atoms with Crippen molar-refractivity contribution < 1.29 is 104 Å². The number of rotatable bonds is 31. The van der Waals surface area contributed by atoms with Crippen LogP contribution in [0.15, 0.2) is 55.2 Å². The summed E-state index contributed by atoms with van der Waals surface area (Å²) in [7, 11) is 5.22. The fourth-order valence-electron chi connectivity index (χ4n) is 10.8. The SMILES string of the molecule is CNC(=O)COC1[C@@H](O)[C@@H](COP(O)(=S)O[C@@H]2C(OCC(=O)NC)[C@H](n3cc(C)c(=O)[nH]c3=O)O[C@@H]2COP(=O)(S)O[C@@H]2C(OCC(=O)NC)[C@H](n3cnc4c(N)ncnc43)O[C@@H]2COP(O)(=S)O[C@@H]2C(OCC(=O)NC)[C@H](n3cc(C)c(=O)[nH]c3=O)O[C@@H]2C)O[C@H]1n1cc(C)c(N)nc1=O. The number of aryl methyl sites for hydroxylation is 3. The third-order valence-corrected chi connectivity index (χ3v) is 20.7. The van der Waals surface area contributed by atoms with Gasteiger partial charge in [0.2, 0.25) is 23.6 Å². The predicted octanol–water partition coefficient (Wildman–Crippen LogP) is -4.55. The van der Waals surface area contributed by atoms with Gasteiger partial charge >= 0.3 is 37.3 Å². The molecule has 9 rings (SSSR count). The number of H-pyrrole nitrogens is 2. The number of aromatic nitrogens is 10. The number of anilines is 2. The molecular weight excluding hydrogens is 1470 g/mol. The van der Waals surface area contributed by atoms with Crippen LogP contribution in [0.2, 0.25) is 0 Å². The second-order valence-corrected chi connectivity index (χ2v) is 31.2. The molecule has 556 valence electrons. The molecule has 4 fully saturated rings. The summed E-state index contributed by atoms with van der Waals surface area (Å²) < 4.78 is 104. The van der Waals surface area contributed by atoms with Gasteiger partial charge in [-0.25, -0.2) is 33.9 Å². The van der Waals surface area contributed by atoms with Gasteiger partial charge in [0.15, 0.2) is 36.4 Å². The zero-order chi connectivity index (χ0) is 73.7. The summed E-state index contributed by atoms with van der Waals surface area (Å²) in [6.07, 6.45) is -19.7. The number of thiol groups is 1. The van der Waals surface area contributed by atoms with Gasteiger partial charge in [-0.3, -0.25) is 75.1 Å². The molecule has 0 spiro atoms. The summed E-state index contributed by atoms with van der Waals surface area (Å²) in [5.74, 6) is -2.92. The fraction of sp³-hybridized carbons (Fsp3) is 0.596. The lowest BCUT2D eigenvalue weighted by atomic mass is 10.1. The monoisotopic (exact) mass is 1540 g/mol. The molecule has 5 aromatic heterocycles. The maximum absolute atomic E-state index is 15.2. The number of hydrogen-bond donors (Lipinski definition) is 12. The standard InChI is InChI=1S/C52H73N16O27P3S3/c1-21-9-65(50(76)62-41(21)53)46-37(82-15-28(69)55-5)33(73)25(90-46)12-86-97(80,100)94-35-26(91-48(39(35)84-17-30(71)57-7)67-11-23(3)45(75)64-52(67)78)13-88-98(81,101)95-36-27(92-49(40(36)85-18-31(72)58-8)68-20-61-32-42(54)59-19-60-43(32)68)14-87-96(79,99)93-34-24(4)89-47(38(34)83-16-29(70)56-6)66-10-22(2)44(74)63-51(66)77/h9-11,19-20,24-27,33-40,46-49,73H,12-18H2,1-8H3,(H,55,69)(H,56,70)(H,57,71)(H,58,72)(H,79,99)(H,80,100)(H,81,101)(H2,53,62,76)(H2,54,59,60)(H,63,74,77)(H,64,75,78)/t24-,25-,26-,27-,33+,34+,35+,36+,37?,38?,39?,40?,46-,47-,48-,49-,96?,97?,98?/m1/s1. The van der Waals surface area contributed by atoms with E-state index in [2.05, 4.69) is 63.4 Å². The molecular formula is C52H73N16O27P3S3. The van der Waals surface area contributed by atoms with Gasteiger partial charge < -0.3 is 94.6 Å². The van der Waals surface area contributed by atoms with Crippen molar-refractivity contribution in [3.8, 4) is 0 Å². The number of likely N-dealkylation sites (N-methyl/N-ethyl adjacent to an activating group) is 4. The Morgan fingerprint density at radius 3 is 1.50 bits per heavy atom. The van der Waals surface area contributed by atoms with Crippen LogP contribution < -0.4 is 60.9 Å². The van der Waals surface area contributed by atoms with E-state index in [1.807, 2.05) is 0 Å². The van der Waals surface area contributed by atoms with Gasteiger partial charge in [-0.1, -0.05) is 12.2 Å². The van der Waals surface area contributed by atoms with E-state index in [0.29, 0.717) is 5.56 Å². The number of aliphatic hydroxyl groups is 1. The van der Waals surface area contributed by atoms with Crippen molar-refractivity contribution in [1.82, 2.24) is 69.4 Å². The molecule has 19 atom stereocenters. The van der Waals surface area contributed by atoms with Crippen LogP contribution in [0.1, 0.15) is 48.5 Å². The zero-order valence-corrected chi connectivity index (χ0v) is 59.8. The van der Waals surface area contributed by atoms with Crippen molar-refractivity contribution in [1.29, 1.82) is 0 Å². The minimum Gasteiger partial charge on any atom is -0.387 e. The van der Waals surface area contributed by atoms with Crippen molar-refractivity contribution in [2.24, 2.45) is 0 Å². The molecule has 0 bridgehead atoms. The summed E-state index contributed by atoms with van der Waals surface area (Å²) in [6, 6.07) is 0. The Labute approximate surface area is 584 Å². The largest absolute Gasteiger partial charge is 0.387 e. The third kappa shape index (κ3) is 18.5. The van der Waals surface area contributed by atoms with E-state index in [0.717, 1.165) is 26.2 Å². The number of amides is 4. The first-order chi connectivity index (χ1) is 47.7. The molecule has 49 heteroatoms. The number of aliphatic hydroxyl groups excluding tert-OH is 1. The van der Waals surface area contributed by atoms with Crippen LogP contribution in [-0.2, 0) is 112 Å². The molecule has 9 heterocycles. The highest BCUT2D eigenvalue weighted by atomic mass is 32.7. The summed E-state index contributed by atoms with van der Waals surface area (Å²) in [5, 5.41) is 21.2. The van der Waals surface area contributed by atoms with Gasteiger partial charge in [0.05, 0.1) is 32.3 Å². The lowest BCUT2D eigenvalue weighted by Gasteiger charge is -2.30. The lowest BCUT2D eigenvalue weighted by Crippen LogP contribution is -2.42. The quantitative estimate of drug-likeness (QED) is 0.0147. The van der Waals surface area contributed by atoms with E-state index < -0.39 is 216 Å². The average molecular weight is 1540 g/mol. The van der Waals surface area contributed by atoms with Crippen LogP contribution in [-0.4, -0.2) is 234 Å². The van der Waals surface area contributed by atoms with Crippen LogP contribution in [0.3, 0.4) is 0 Å². The summed E-state index contributed by atoms with van der Waals surface area (Å²) >= 11 is 15.4. The number of nitrogens with two attached hydrogens (primary N) is 2. The molecule has 7 unspecified atom stereocenters. The number of imidazole rings is 1. The van der Waals surface area contributed by atoms with Gasteiger partial charge in [-0.05, 0) is 51.3 Å². The molecule has 101 heavy (non-hydrogen) atoms. The first kappa shape index (κ1) is 78.6. The number of carbonyl (C=O) groups is 4. The van der Waals surface area contributed by atoms with Crippen molar-refractivity contribution in [3.05, 3.63) is 100 Å². The third-order valence-electron chi connectivity index (χ3n) is 16.0. The normalized spacial score (nSPS) is 28.3. The Hall–Kier alpha value is -6.53. The summed E-state index contributed by atoms with van der Waals surface area (Å²) in [6.45, 7) is -14.5. The van der Waals surface area contributed by atoms with Crippen molar-refractivity contribution in [3.63, 3.8) is 0 Å². The maximum Gasteiger partial charge on any atom is 0.386 e. The first-order valence-corrected chi connectivity index (χ1v) is 38.0. The summed E-state index contributed by atoms with van der Waals surface area (Å²) in [5.41, 5.74) is 7.96. The Morgan fingerprint density at radius 2 is 0.990 bits per heavy atom. The Kier molecular flexibility index (Phi) is 25.7. The molecule has 4 aliphatic rings.